The number of unbranched alkanes of at least 4 members (excludes halogenated alkanes) is 5. The first-order valence-corrected chi connectivity index (χ1v) is 10.5. The third kappa shape index (κ3) is 8.03. The van der Waals surface area contributed by atoms with Gasteiger partial charge in [-0.2, -0.15) is 0 Å². The highest BCUT2D eigenvalue weighted by Crippen LogP contribution is 2.19. The SMILES string of the molecule is CCCCCCCOc1cccc(NC(=O)c2ccc(OCCCC)cc2)c1. The number of carbonyl (C=O) groups excluding carboxylic acids is 1. The van der Waals surface area contributed by atoms with Gasteiger partial charge in [0.05, 0.1) is 13.2 Å². The van der Waals surface area contributed by atoms with Crippen LogP contribution in [0.5, 0.6) is 11.5 Å². The molecule has 152 valence electrons. The molecule has 4 nitrogen and oxygen atoms in total. The fourth-order valence-corrected chi connectivity index (χ4v) is 2.80. The first kappa shape index (κ1) is 21.8. The minimum Gasteiger partial charge on any atom is -0.494 e. The number of amides is 1. The van der Waals surface area contributed by atoms with E-state index in [4.69, 9.17) is 9.47 Å². The van der Waals surface area contributed by atoms with E-state index < -0.39 is 0 Å². The maximum atomic E-state index is 12.5. The minimum atomic E-state index is -0.142. The molecular weight excluding hydrogens is 350 g/mol. The molecule has 0 unspecified atom stereocenters. The Kier molecular flexibility index (Phi) is 9.98. The number of anilines is 1. The number of rotatable bonds is 13. The van der Waals surface area contributed by atoms with Gasteiger partial charge >= 0.3 is 0 Å². The summed E-state index contributed by atoms with van der Waals surface area (Å²) in [4.78, 5) is 12.5. The molecule has 0 saturated carbocycles. The maximum absolute atomic E-state index is 12.5. The molecule has 0 fully saturated rings. The van der Waals surface area contributed by atoms with Crippen LogP contribution >= 0.6 is 0 Å². The average molecular weight is 384 g/mol. The molecule has 4 heteroatoms. The summed E-state index contributed by atoms with van der Waals surface area (Å²) in [6.07, 6.45) is 8.18. The molecule has 0 aliphatic rings. The van der Waals surface area contributed by atoms with Crippen LogP contribution in [0, 0.1) is 0 Å². The van der Waals surface area contributed by atoms with Gasteiger partial charge in [-0.15, -0.1) is 0 Å². The van der Waals surface area contributed by atoms with E-state index in [1.165, 1.54) is 25.7 Å². The zero-order chi connectivity index (χ0) is 20.0. The zero-order valence-corrected chi connectivity index (χ0v) is 17.2. The van der Waals surface area contributed by atoms with Crippen molar-refractivity contribution in [1.82, 2.24) is 0 Å². The van der Waals surface area contributed by atoms with Crippen LogP contribution in [0.3, 0.4) is 0 Å². The van der Waals surface area contributed by atoms with Crippen LogP contribution in [0.15, 0.2) is 48.5 Å². The summed E-state index contributed by atoms with van der Waals surface area (Å²) < 4.78 is 11.4. The minimum absolute atomic E-state index is 0.142. The van der Waals surface area contributed by atoms with E-state index in [2.05, 4.69) is 19.2 Å². The Hall–Kier alpha value is -2.49. The van der Waals surface area contributed by atoms with Crippen LogP contribution in [-0.4, -0.2) is 19.1 Å². The first-order chi connectivity index (χ1) is 13.7. The molecule has 2 aromatic rings. The second kappa shape index (κ2) is 12.8. The van der Waals surface area contributed by atoms with Gasteiger partial charge in [0.2, 0.25) is 0 Å². The molecule has 0 atom stereocenters. The number of carbonyl (C=O) groups is 1. The highest BCUT2D eigenvalue weighted by molar-refractivity contribution is 6.04. The Balaban J connectivity index is 1.81. The van der Waals surface area contributed by atoms with Gasteiger partial charge in [-0.05, 0) is 49.2 Å². The van der Waals surface area contributed by atoms with Gasteiger partial charge in [-0.1, -0.05) is 52.0 Å². The highest BCUT2D eigenvalue weighted by Gasteiger charge is 2.07. The number of ether oxygens (including phenoxy) is 2. The lowest BCUT2D eigenvalue weighted by molar-refractivity contribution is 0.102. The summed E-state index contributed by atoms with van der Waals surface area (Å²) >= 11 is 0. The molecule has 0 aliphatic heterocycles. The van der Waals surface area contributed by atoms with Gasteiger partial charge in [-0.3, -0.25) is 4.79 Å². The normalized spacial score (nSPS) is 10.5. The highest BCUT2D eigenvalue weighted by atomic mass is 16.5. The standard InChI is InChI=1S/C24H33NO3/c1-3-5-7-8-9-18-28-23-12-10-11-21(19-23)25-24(26)20-13-15-22(16-14-20)27-17-6-4-2/h10-16,19H,3-9,17-18H2,1-2H3,(H,25,26). The molecule has 0 aromatic heterocycles. The Labute approximate surface area is 169 Å². The lowest BCUT2D eigenvalue weighted by atomic mass is 10.2. The molecular formula is C24H33NO3. The lowest BCUT2D eigenvalue weighted by Crippen LogP contribution is -2.12. The second-order valence-corrected chi connectivity index (χ2v) is 6.97. The molecule has 1 amide bonds. The van der Waals surface area contributed by atoms with Gasteiger partial charge in [0.15, 0.2) is 0 Å². The van der Waals surface area contributed by atoms with E-state index in [1.54, 1.807) is 12.1 Å². The molecule has 0 spiro atoms. The average Bonchev–Trinajstić information content (AvgIpc) is 2.71. The molecule has 1 N–H and O–H groups in total. The van der Waals surface area contributed by atoms with Crippen LogP contribution < -0.4 is 14.8 Å². The quantitative estimate of drug-likeness (QED) is 0.403. The Bertz CT molecular complexity index is 697. The summed E-state index contributed by atoms with van der Waals surface area (Å²) in [5.74, 6) is 1.43. The lowest BCUT2D eigenvalue weighted by Gasteiger charge is -2.10. The molecule has 0 radical (unpaired) electrons. The molecule has 2 rings (SSSR count). The van der Waals surface area contributed by atoms with E-state index in [1.807, 2.05) is 36.4 Å². The summed E-state index contributed by atoms with van der Waals surface area (Å²) in [6, 6.07) is 14.8. The third-order valence-corrected chi connectivity index (χ3v) is 4.49. The summed E-state index contributed by atoms with van der Waals surface area (Å²) in [5, 5.41) is 2.93. The van der Waals surface area contributed by atoms with Gasteiger partial charge in [-0.25, -0.2) is 0 Å². The molecule has 0 saturated heterocycles. The molecule has 0 aliphatic carbocycles. The largest absolute Gasteiger partial charge is 0.494 e. The fraction of sp³-hybridized carbons (Fsp3) is 0.458. The smallest absolute Gasteiger partial charge is 0.255 e. The van der Waals surface area contributed by atoms with Crippen LogP contribution in [0.4, 0.5) is 5.69 Å². The van der Waals surface area contributed by atoms with Gasteiger partial charge in [0.1, 0.15) is 11.5 Å². The second-order valence-electron chi connectivity index (χ2n) is 6.97. The van der Waals surface area contributed by atoms with Crippen molar-refractivity contribution in [2.24, 2.45) is 0 Å². The van der Waals surface area contributed by atoms with E-state index >= 15 is 0 Å². The van der Waals surface area contributed by atoms with Gasteiger partial charge < -0.3 is 14.8 Å². The summed E-state index contributed by atoms with van der Waals surface area (Å²) in [7, 11) is 0. The maximum Gasteiger partial charge on any atom is 0.255 e. The molecule has 2 aromatic carbocycles. The first-order valence-electron chi connectivity index (χ1n) is 10.5. The van der Waals surface area contributed by atoms with E-state index in [-0.39, 0.29) is 5.91 Å². The number of nitrogens with one attached hydrogen (secondary N) is 1. The van der Waals surface area contributed by atoms with Crippen molar-refractivity contribution in [2.45, 2.75) is 58.8 Å². The third-order valence-electron chi connectivity index (χ3n) is 4.49. The topological polar surface area (TPSA) is 47.6 Å². The van der Waals surface area contributed by atoms with Gasteiger partial charge in [0, 0.05) is 17.3 Å². The van der Waals surface area contributed by atoms with Crippen LogP contribution in [-0.2, 0) is 0 Å². The number of hydrogen-bond acceptors (Lipinski definition) is 3. The van der Waals surface area contributed by atoms with E-state index in [0.717, 1.165) is 36.4 Å². The number of benzene rings is 2. The summed E-state index contributed by atoms with van der Waals surface area (Å²) in [6.45, 7) is 5.75. The van der Waals surface area contributed by atoms with Crippen LogP contribution in [0.2, 0.25) is 0 Å². The Morgan fingerprint density at radius 3 is 2.21 bits per heavy atom. The van der Waals surface area contributed by atoms with Crippen molar-refractivity contribution >= 4 is 11.6 Å². The van der Waals surface area contributed by atoms with E-state index in [0.29, 0.717) is 18.8 Å². The van der Waals surface area contributed by atoms with Crippen LogP contribution in [0.25, 0.3) is 0 Å². The molecule has 0 bridgehead atoms. The zero-order valence-electron chi connectivity index (χ0n) is 17.2. The number of hydrogen-bond donors (Lipinski definition) is 1. The van der Waals surface area contributed by atoms with Crippen molar-refractivity contribution in [3.8, 4) is 11.5 Å². The van der Waals surface area contributed by atoms with Crippen molar-refractivity contribution in [1.29, 1.82) is 0 Å². The van der Waals surface area contributed by atoms with Crippen molar-refractivity contribution in [3.63, 3.8) is 0 Å². The predicted molar refractivity (Wildman–Crippen MR) is 115 cm³/mol. The van der Waals surface area contributed by atoms with Crippen molar-refractivity contribution in [2.75, 3.05) is 18.5 Å². The molecule has 0 heterocycles. The monoisotopic (exact) mass is 383 g/mol. The predicted octanol–water partition coefficient (Wildman–Crippen LogP) is 6.47. The van der Waals surface area contributed by atoms with Crippen molar-refractivity contribution < 1.29 is 14.3 Å². The van der Waals surface area contributed by atoms with Crippen LogP contribution in [0.1, 0.15) is 69.2 Å². The van der Waals surface area contributed by atoms with Crippen molar-refractivity contribution in [3.05, 3.63) is 54.1 Å². The van der Waals surface area contributed by atoms with E-state index in [9.17, 15) is 4.79 Å². The Morgan fingerprint density at radius 1 is 0.786 bits per heavy atom. The Morgan fingerprint density at radius 2 is 1.46 bits per heavy atom. The molecule has 28 heavy (non-hydrogen) atoms. The van der Waals surface area contributed by atoms with Gasteiger partial charge in [0.25, 0.3) is 5.91 Å². The fourth-order valence-electron chi connectivity index (χ4n) is 2.80. The summed E-state index contributed by atoms with van der Waals surface area (Å²) in [5.41, 5.74) is 1.34.